The molecule has 0 fully saturated rings. The first kappa shape index (κ1) is 21.8. The van der Waals surface area contributed by atoms with Crippen molar-refractivity contribution < 1.29 is 19.1 Å². The minimum Gasteiger partial charge on any atom is -0.488 e. The number of ether oxygens (including phenoxy) is 2. The van der Waals surface area contributed by atoms with E-state index >= 15 is 0 Å². The Morgan fingerprint density at radius 2 is 1.71 bits per heavy atom. The standard InChI is InChI=1S/C18H23ClN4O4S/c1-12(24)20-5-7-26-16-4-3-14(22-10-15-11-23-18(19)28-15)9-17(16)27-8-6-21-13(2)25/h3-4,9,11,22H,5-8,10H2,1-2H3,(H,20,24)(H,21,25). The molecule has 1 heterocycles. The van der Waals surface area contributed by atoms with Crippen LogP contribution in [0.2, 0.25) is 4.47 Å². The van der Waals surface area contributed by atoms with Crippen LogP contribution in [-0.2, 0) is 16.1 Å². The van der Waals surface area contributed by atoms with Crippen molar-refractivity contribution in [3.8, 4) is 11.5 Å². The first-order chi connectivity index (χ1) is 13.4. The maximum atomic E-state index is 11.0. The van der Waals surface area contributed by atoms with Gasteiger partial charge in [-0.05, 0) is 12.1 Å². The topological polar surface area (TPSA) is 102 Å². The molecule has 2 amide bonds. The Balaban J connectivity index is 1.98. The molecule has 0 atom stereocenters. The third kappa shape index (κ3) is 8.01. The summed E-state index contributed by atoms with van der Waals surface area (Å²) in [6.45, 7) is 4.88. The lowest BCUT2D eigenvalue weighted by Gasteiger charge is -2.15. The summed E-state index contributed by atoms with van der Waals surface area (Å²) in [5, 5.41) is 8.63. The van der Waals surface area contributed by atoms with Gasteiger partial charge < -0.3 is 25.4 Å². The van der Waals surface area contributed by atoms with Crippen molar-refractivity contribution in [2.45, 2.75) is 20.4 Å². The van der Waals surface area contributed by atoms with E-state index < -0.39 is 0 Å². The number of hydrogen-bond donors (Lipinski definition) is 3. The van der Waals surface area contributed by atoms with E-state index in [9.17, 15) is 9.59 Å². The number of halogens is 1. The van der Waals surface area contributed by atoms with E-state index in [1.807, 2.05) is 12.1 Å². The number of nitrogens with one attached hydrogen (secondary N) is 3. The number of nitrogens with zero attached hydrogens (tertiary/aromatic N) is 1. The summed E-state index contributed by atoms with van der Waals surface area (Å²) in [5.74, 6) is 0.868. The smallest absolute Gasteiger partial charge is 0.216 e. The van der Waals surface area contributed by atoms with Gasteiger partial charge in [0, 0.05) is 36.7 Å². The van der Waals surface area contributed by atoms with E-state index in [4.69, 9.17) is 21.1 Å². The molecule has 1 aromatic carbocycles. The van der Waals surface area contributed by atoms with Crippen LogP contribution >= 0.6 is 22.9 Å². The number of anilines is 1. The molecule has 10 heteroatoms. The van der Waals surface area contributed by atoms with Crippen molar-refractivity contribution >= 4 is 40.4 Å². The van der Waals surface area contributed by atoms with Crippen molar-refractivity contribution in [2.24, 2.45) is 0 Å². The number of rotatable bonds is 11. The Kier molecular flexibility index (Phi) is 8.83. The van der Waals surface area contributed by atoms with Crippen LogP contribution in [-0.4, -0.2) is 43.1 Å². The fourth-order valence-corrected chi connectivity index (χ4v) is 3.10. The van der Waals surface area contributed by atoms with Crippen molar-refractivity contribution in [3.05, 3.63) is 33.7 Å². The van der Waals surface area contributed by atoms with E-state index in [0.29, 0.717) is 48.8 Å². The molecular formula is C18H23ClN4O4S. The van der Waals surface area contributed by atoms with Crippen LogP contribution in [0.1, 0.15) is 18.7 Å². The molecule has 28 heavy (non-hydrogen) atoms. The van der Waals surface area contributed by atoms with E-state index in [2.05, 4.69) is 20.9 Å². The van der Waals surface area contributed by atoms with Gasteiger partial charge in [0.1, 0.15) is 13.2 Å². The van der Waals surface area contributed by atoms with E-state index in [1.54, 1.807) is 12.3 Å². The van der Waals surface area contributed by atoms with E-state index in [1.165, 1.54) is 25.2 Å². The normalized spacial score (nSPS) is 10.2. The van der Waals surface area contributed by atoms with Gasteiger partial charge in [-0.2, -0.15) is 0 Å². The van der Waals surface area contributed by atoms with Gasteiger partial charge in [0.25, 0.3) is 0 Å². The molecule has 0 aliphatic rings. The van der Waals surface area contributed by atoms with Crippen molar-refractivity contribution in [1.82, 2.24) is 15.6 Å². The van der Waals surface area contributed by atoms with Crippen LogP contribution in [0.5, 0.6) is 11.5 Å². The molecule has 0 saturated heterocycles. The highest BCUT2D eigenvalue weighted by Crippen LogP contribution is 2.31. The van der Waals surface area contributed by atoms with Crippen LogP contribution in [0.15, 0.2) is 24.4 Å². The van der Waals surface area contributed by atoms with Crippen molar-refractivity contribution in [3.63, 3.8) is 0 Å². The monoisotopic (exact) mass is 426 g/mol. The van der Waals surface area contributed by atoms with Gasteiger partial charge in [-0.1, -0.05) is 11.6 Å². The molecule has 0 spiro atoms. The summed E-state index contributed by atoms with van der Waals surface area (Å²) in [7, 11) is 0. The Labute approximate surface area is 172 Å². The van der Waals surface area contributed by atoms with Crippen molar-refractivity contribution in [1.29, 1.82) is 0 Å². The molecule has 1 aromatic heterocycles. The predicted molar refractivity (Wildman–Crippen MR) is 109 cm³/mol. The molecule has 8 nitrogen and oxygen atoms in total. The number of hydrogen-bond acceptors (Lipinski definition) is 7. The lowest BCUT2D eigenvalue weighted by atomic mass is 10.2. The maximum absolute atomic E-state index is 11.0. The molecule has 0 radical (unpaired) electrons. The SMILES string of the molecule is CC(=O)NCCOc1ccc(NCc2cnc(Cl)s2)cc1OCCNC(C)=O. The average Bonchev–Trinajstić information content (AvgIpc) is 3.06. The van der Waals surface area contributed by atoms with E-state index in [-0.39, 0.29) is 11.8 Å². The second-order valence-corrected chi connectivity index (χ2v) is 7.45. The third-order valence-corrected chi connectivity index (χ3v) is 4.52. The summed E-state index contributed by atoms with van der Waals surface area (Å²) < 4.78 is 12.0. The molecule has 0 aliphatic carbocycles. The molecule has 2 rings (SSSR count). The maximum Gasteiger partial charge on any atom is 0.216 e. The lowest BCUT2D eigenvalue weighted by molar-refractivity contribution is -0.119. The van der Waals surface area contributed by atoms with Gasteiger partial charge in [0.15, 0.2) is 16.0 Å². The van der Waals surface area contributed by atoms with Gasteiger partial charge in [-0.15, -0.1) is 11.3 Å². The Hall–Kier alpha value is -2.52. The number of carbonyl (C=O) groups excluding carboxylic acids is 2. The molecule has 2 aromatic rings. The van der Waals surface area contributed by atoms with Crippen LogP contribution in [0, 0.1) is 0 Å². The number of benzene rings is 1. The molecule has 0 saturated carbocycles. The van der Waals surface area contributed by atoms with Crippen LogP contribution in [0.25, 0.3) is 0 Å². The fraction of sp³-hybridized carbons (Fsp3) is 0.389. The van der Waals surface area contributed by atoms with Crippen molar-refractivity contribution in [2.75, 3.05) is 31.6 Å². The summed E-state index contributed by atoms with van der Waals surface area (Å²) in [6.07, 6.45) is 1.73. The second-order valence-electron chi connectivity index (χ2n) is 5.76. The van der Waals surface area contributed by atoms with Crippen LogP contribution in [0.3, 0.4) is 0 Å². The van der Waals surface area contributed by atoms with Gasteiger partial charge >= 0.3 is 0 Å². The third-order valence-electron chi connectivity index (χ3n) is 3.40. The molecule has 3 N–H and O–H groups in total. The van der Waals surface area contributed by atoms with Gasteiger partial charge in [0.05, 0.1) is 19.6 Å². The van der Waals surface area contributed by atoms with Gasteiger partial charge in [-0.25, -0.2) is 4.98 Å². The number of thiazole rings is 1. The Morgan fingerprint density at radius 1 is 1.07 bits per heavy atom. The number of carbonyl (C=O) groups is 2. The van der Waals surface area contributed by atoms with Gasteiger partial charge in [0.2, 0.25) is 11.8 Å². The quantitative estimate of drug-likeness (QED) is 0.477. The zero-order valence-electron chi connectivity index (χ0n) is 15.7. The summed E-state index contributed by atoms with van der Waals surface area (Å²) in [6, 6.07) is 5.49. The number of aromatic nitrogens is 1. The number of amides is 2. The first-order valence-corrected chi connectivity index (χ1v) is 9.86. The molecule has 0 unspecified atom stereocenters. The zero-order chi connectivity index (χ0) is 20.4. The molecule has 0 aliphatic heterocycles. The molecule has 152 valence electrons. The lowest BCUT2D eigenvalue weighted by Crippen LogP contribution is -2.26. The summed E-state index contributed by atoms with van der Waals surface area (Å²) in [5.41, 5.74) is 0.841. The van der Waals surface area contributed by atoms with Gasteiger partial charge in [-0.3, -0.25) is 9.59 Å². The zero-order valence-corrected chi connectivity index (χ0v) is 17.3. The fourth-order valence-electron chi connectivity index (χ4n) is 2.18. The summed E-state index contributed by atoms with van der Waals surface area (Å²) in [4.78, 5) is 26.9. The molecule has 0 bridgehead atoms. The molecular weight excluding hydrogens is 404 g/mol. The predicted octanol–water partition coefficient (Wildman–Crippen LogP) is 2.44. The van der Waals surface area contributed by atoms with Crippen LogP contribution in [0.4, 0.5) is 5.69 Å². The highest BCUT2D eigenvalue weighted by Gasteiger charge is 2.08. The average molecular weight is 427 g/mol. The van der Waals surface area contributed by atoms with E-state index in [0.717, 1.165) is 10.6 Å². The highest BCUT2D eigenvalue weighted by molar-refractivity contribution is 7.15. The largest absolute Gasteiger partial charge is 0.488 e. The summed E-state index contributed by atoms with van der Waals surface area (Å²) >= 11 is 7.26. The van der Waals surface area contributed by atoms with Crippen LogP contribution < -0.4 is 25.4 Å². The minimum absolute atomic E-state index is 0.113. The Morgan fingerprint density at radius 3 is 2.29 bits per heavy atom. The second kappa shape index (κ2) is 11.4. The minimum atomic E-state index is -0.117. The Bertz CT molecular complexity index is 800. The first-order valence-electron chi connectivity index (χ1n) is 8.66. The highest BCUT2D eigenvalue weighted by atomic mass is 35.5.